The van der Waals surface area contributed by atoms with Crippen LogP contribution in [0, 0.1) is 0 Å². The van der Waals surface area contributed by atoms with Gasteiger partial charge in [0.25, 0.3) is 5.91 Å². The van der Waals surface area contributed by atoms with Crippen molar-refractivity contribution < 1.29 is 19.1 Å². The quantitative estimate of drug-likeness (QED) is 0.905. The SMILES string of the molecule is O=C(NC1(C(=O)O)CCCC1)c1ncoc1-c1cccs1. The number of nitrogens with one attached hydrogen (secondary N) is 1. The molecule has 0 aromatic carbocycles. The maximum Gasteiger partial charge on any atom is 0.329 e. The zero-order chi connectivity index (χ0) is 14.9. The minimum absolute atomic E-state index is 0.130. The molecule has 0 unspecified atom stereocenters. The van der Waals surface area contributed by atoms with Gasteiger partial charge in [0.15, 0.2) is 17.8 Å². The van der Waals surface area contributed by atoms with Crippen LogP contribution in [0.1, 0.15) is 36.2 Å². The van der Waals surface area contributed by atoms with Gasteiger partial charge in [0, 0.05) is 0 Å². The van der Waals surface area contributed by atoms with Crippen molar-refractivity contribution in [1.29, 1.82) is 0 Å². The number of hydrogen-bond acceptors (Lipinski definition) is 5. The molecule has 110 valence electrons. The molecular formula is C14H14N2O4S. The zero-order valence-electron chi connectivity index (χ0n) is 11.2. The highest BCUT2D eigenvalue weighted by Gasteiger charge is 2.43. The third-order valence-electron chi connectivity index (χ3n) is 3.75. The molecule has 1 aliphatic rings. The van der Waals surface area contributed by atoms with Gasteiger partial charge in [0.1, 0.15) is 5.54 Å². The molecular weight excluding hydrogens is 292 g/mol. The predicted octanol–water partition coefficient (Wildman–Crippen LogP) is 2.53. The van der Waals surface area contributed by atoms with E-state index in [0.717, 1.165) is 17.7 Å². The Labute approximate surface area is 124 Å². The van der Waals surface area contributed by atoms with Gasteiger partial charge in [-0.05, 0) is 24.3 Å². The van der Waals surface area contributed by atoms with E-state index in [1.165, 1.54) is 17.7 Å². The van der Waals surface area contributed by atoms with E-state index in [0.29, 0.717) is 18.6 Å². The molecule has 2 N–H and O–H groups in total. The second-order valence-corrected chi connectivity index (χ2v) is 6.00. The first kappa shape index (κ1) is 13.8. The van der Waals surface area contributed by atoms with Gasteiger partial charge in [-0.1, -0.05) is 18.9 Å². The first-order valence-electron chi connectivity index (χ1n) is 6.66. The Morgan fingerprint density at radius 2 is 2.14 bits per heavy atom. The van der Waals surface area contributed by atoms with Gasteiger partial charge in [0.05, 0.1) is 4.88 Å². The minimum atomic E-state index is -1.18. The van der Waals surface area contributed by atoms with Crippen LogP contribution >= 0.6 is 11.3 Å². The van der Waals surface area contributed by atoms with Crippen LogP contribution < -0.4 is 5.32 Å². The van der Waals surface area contributed by atoms with Crippen molar-refractivity contribution in [3.63, 3.8) is 0 Å². The summed E-state index contributed by atoms with van der Waals surface area (Å²) in [7, 11) is 0. The molecule has 7 heteroatoms. The number of oxazole rings is 1. The molecule has 0 spiro atoms. The van der Waals surface area contributed by atoms with Crippen molar-refractivity contribution in [2.24, 2.45) is 0 Å². The molecule has 0 aliphatic heterocycles. The Morgan fingerprint density at radius 1 is 1.38 bits per heavy atom. The highest BCUT2D eigenvalue weighted by atomic mass is 32.1. The second kappa shape index (κ2) is 5.33. The van der Waals surface area contributed by atoms with Crippen molar-refractivity contribution in [2.45, 2.75) is 31.2 Å². The fraction of sp³-hybridized carbons (Fsp3) is 0.357. The molecule has 1 aliphatic carbocycles. The van der Waals surface area contributed by atoms with E-state index >= 15 is 0 Å². The van der Waals surface area contributed by atoms with Gasteiger partial charge >= 0.3 is 5.97 Å². The molecule has 0 bridgehead atoms. The molecule has 0 radical (unpaired) electrons. The van der Waals surface area contributed by atoms with E-state index in [4.69, 9.17) is 4.42 Å². The summed E-state index contributed by atoms with van der Waals surface area (Å²) in [5.41, 5.74) is -1.05. The van der Waals surface area contributed by atoms with Crippen LogP contribution in [0.5, 0.6) is 0 Å². The molecule has 3 rings (SSSR count). The fourth-order valence-corrected chi connectivity index (χ4v) is 3.35. The summed E-state index contributed by atoms with van der Waals surface area (Å²) >= 11 is 1.43. The highest BCUT2D eigenvalue weighted by molar-refractivity contribution is 7.13. The number of hydrogen-bond donors (Lipinski definition) is 2. The average Bonchev–Trinajstić information content (AvgIpc) is 3.19. The lowest BCUT2D eigenvalue weighted by atomic mass is 9.97. The van der Waals surface area contributed by atoms with E-state index in [1.54, 1.807) is 0 Å². The summed E-state index contributed by atoms with van der Waals surface area (Å²) in [6.07, 6.45) is 3.68. The monoisotopic (exact) mass is 306 g/mol. The number of thiophene rings is 1. The minimum Gasteiger partial charge on any atom is -0.480 e. The first-order valence-corrected chi connectivity index (χ1v) is 7.54. The number of aromatic nitrogens is 1. The van der Waals surface area contributed by atoms with Crippen LogP contribution in [0.25, 0.3) is 10.6 Å². The van der Waals surface area contributed by atoms with Gasteiger partial charge in [-0.2, -0.15) is 0 Å². The highest BCUT2D eigenvalue weighted by Crippen LogP contribution is 2.32. The molecule has 0 atom stereocenters. The topological polar surface area (TPSA) is 92.4 Å². The van der Waals surface area contributed by atoms with E-state index in [2.05, 4.69) is 10.3 Å². The summed E-state index contributed by atoms with van der Waals surface area (Å²) in [5.74, 6) is -1.12. The van der Waals surface area contributed by atoms with Crippen molar-refractivity contribution in [2.75, 3.05) is 0 Å². The Balaban J connectivity index is 1.87. The number of aliphatic carboxylic acids is 1. The van der Waals surface area contributed by atoms with Gasteiger partial charge in [0.2, 0.25) is 0 Å². The van der Waals surface area contributed by atoms with Gasteiger partial charge in [-0.25, -0.2) is 9.78 Å². The number of carboxylic acids is 1. The van der Waals surface area contributed by atoms with E-state index in [-0.39, 0.29) is 5.69 Å². The van der Waals surface area contributed by atoms with E-state index in [9.17, 15) is 14.7 Å². The lowest BCUT2D eigenvalue weighted by molar-refractivity contribution is -0.144. The number of carbonyl (C=O) groups excluding carboxylic acids is 1. The third-order valence-corrected chi connectivity index (χ3v) is 4.62. The van der Waals surface area contributed by atoms with Crippen LogP contribution in [-0.2, 0) is 4.79 Å². The van der Waals surface area contributed by atoms with Crippen molar-refractivity contribution in [1.82, 2.24) is 10.3 Å². The normalized spacial score (nSPS) is 16.8. The van der Waals surface area contributed by atoms with Gasteiger partial charge in [-0.15, -0.1) is 11.3 Å². The molecule has 2 aromatic heterocycles. The number of rotatable bonds is 4. The second-order valence-electron chi connectivity index (χ2n) is 5.06. The molecule has 2 aromatic rings. The van der Waals surface area contributed by atoms with Crippen molar-refractivity contribution >= 4 is 23.2 Å². The Morgan fingerprint density at radius 3 is 2.76 bits per heavy atom. The number of amides is 1. The molecule has 1 saturated carbocycles. The summed E-state index contributed by atoms with van der Waals surface area (Å²) in [4.78, 5) is 28.6. The van der Waals surface area contributed by atoms with Crippen molar-refractivity contribution in [3.05, 3.63) is 29.6 Å². The van der Waals surface area contributed by atoms with Crippen molar-refractivity contribution in [3.8, 4) is 10.6 Å². The third kappa shape index (κ3) is 2.44. The van der Waals surface area contributed by atoms with E-state index in [1.807, 2.05) is 17.5 Å². The van der Waals surface area contributed by atoms with Crippen LogP contribution in [0.15, 0.2) is 28.3 Å². The van der Waals surface area contributed by atoms with Crippen LogP contribution in [0.2, 0.25) is 0 Å². The number of carboxylic acid groups (broad SMARTS) is 1. The van der Waals surface area contributed by atoms with E-state index < -0.39 is 17.4 Å². The van der Waals surface area contributed by atoms with Crippen LogP contribution in [0.4, 0.5) is 0 Å². The lowest BCUT2D eigenvalue weighted by Gasteiger charge is -2.24. The lowest BCUT2D eigenvalue weighted by Crippen LogP contribution is -2.52. The number of nitrogens with zero attached hydrogens (tertiary/aromatic N) is 1. The zero-order valence-corrected chi connectivity index (χ0v) is 12.0. The molecule has 6 nitrogen and oxygen atoms in total. The Hall–Kier alpha value is -2.15. The summed E-state index contributed by atoms with van der Waals surface area (Å²) in [5, 5.41) is 13.9. The average molecular weight is 306 g/mol. The molecule has 2 heterocycles. The summed E-state index contributed by atoms with van der Waals surface area (Å²) in [6, 6.07) is 3.67. The van der Waals surface area contributed by atoms with Gasteiger partial charge in [-0.3, -0.25) is 4.79 Å². The fourth-order valence-electron chi connectivity index (χ4n) is 2.64. The van der Waals surface area contributed by atoms with Crippen LogP contribution in [-0.4, -0.2) is 27.5 Å². The maximum absolute atomic E-state index is 12.4. The van der Waals surface area contributed by atoms with Crippen LogP contribution in [0.3, 0.4) is 0 Å². The summed E-state index contributed by atoms with van der Waals surface area (Å²) in [6.45, 7) is 0. The smallest absolute Gasteiger partial charge is 0.329 e. The predicted molar refractivity (Wildman–Crippen MR) is 76.1 cm³/mol. The molecule has 1 amide bonds. The molecule has 21 heavy (non-hydrogen) atoms. The number of carbonyl (C=O) groups is 2. The Bertz CT molecular complexity index is 656. The molecule has 0 saturated heterocycles. The summed E-state index contributed by atoms with van der Waals surface area (Å²) < 4.78 is 5.28. The Kier molecular flexibility index (Phi) is 3.50. The first-order chi connectivity index (χ1) is 10.1. The molecule has 1 fully saturated rings. The maximum atomic E-state index is 12.4. The standard InChI is InChI=1S/C14H14N2O4S/c17-12(16-14(13(18)19)5-1-2-6-14)10-11(20-8-15-10)9-4-3-7-21-9/h3-4,7-8H,1-2,5-6H2,(H,16,17)(H,18,19). The van der Waals surface area contributed by atoms with Gasteiger partial charge < -0.3 is 14.8 Å². The largest absolute Gasteiger partial charge is 0.480 e.